The molecule has 126 valence electrons. The summed E-state index contributed by atoms with van der Waals surface area (Å²) in [4.78, 5) is 12.9. The van der Waals surface area contributed by atoms with Crippen LogP contribution in [0.1, 0.15) is 5.56 Å². The maximum Gasteiger partial charge on any atom is 0.191 e. The van der Waals surface area contributed by atoms with E-state index in [9.17, 15) is 0 Å². The highest BCUT2D eigenvalue weighted by molar-refractivity contribution is 6.30. The number of halogens is 2. The Morgan fingerprint density at radius 3 is 2.38 bits per heavy atom. The van der Waals surface area contributed by atoms with Gasteiger partial charge in [0.2, 0.25) is 0 Å². The number of nitrogens with zero attached hydrogens (tertiary/aromatic N) is 4. The lowest BCUT2D eigenvalue weighted by molar-refractivity contribution is 0.380. The van der Waals surface area contributed by atoms with E-state index in [-0.39, 0.29) is 0 Å². The summed E-state index contributed by atoms with van der Waals surface area (Å²) >= 11 is 11.7. The van der Waals surface area contributed by atoms with E-state index < -0.39 is 0 Å². The van der Waals surface area contributed by atoms with E-state index in [0.29, 0.717) is 17.7 Å². The van der Waals surface area contributed by atoms with Crippen molar-refractivity contribution in [1.82, 2.24) is 9.88 Å². The highest BCUT2D eigenvalue weighted by Gasteiger charge is 2.18. The number of aromatic nitrogens is 1. The van der Waals surface area contributed by atoms with E-state index in [4.69, 9.17) is 28.9 Å². The molecule has 2 aromatic rings. The maximum absolute atomic E-state index is 6.12. The number of hydrogen-bond acceptors (Lipinski definition) is 3. The topological polar surface area (TPSA) is 57.8 Å². The van der Waals surface area contributed by atoms with Crippen molar-refractivity contribution in [3.05, 3.63) is 58.3 Å². The number of rotatable bonds is 3. The van der Waals surface area contributed by atoms with E-state index in [1.54, 1.807) is 12.3 Å². The molecular weight excluding hydrogens is 345 g/mol. The molecule has 0 saturated carbocycles. The normalized spacial score (nSPS) is 15.7. The first kappa shape index (κ1) is 16.9. The van der Waals surface area contributed by atoms with Gasteiger partial charge < -0.3 is 15.5 Å². The third-order valence-corrected chi connectivity index (χ3v) is 4.48. The number of guanidine groups is 1. The quantitative estimate of drug-likeness (QED) is 0.517. The average molecular weight is 364 g/mol. The van der Waals surface area contributed by atoms with E-state index >= 15 is 0 Å². The number of piperazine rings is 1. The van der Waals surface area contributed by atoms with Crippen molar-refractivity contribution in [2.45, 2.75) is 6.54 Å². The Morgan fingerprint density at radius 2 is 1.75 bits per heavy atom. The molecule has 0 amide bonds. The van der Waals surface area contributed by atoms with Crippen LogP contribution < -0.4 is 10.6 Å². The van der Waals surface area contributed by atoms with Crippen molar-refractivity contribution < 1.29 is 0 Å². The van der Waals surface area contributed by atoms with Crippen molar-refractivity contribution in [3.63, 3.8) is 0 Å². The van der Waals surface area contributed by atoms with Crippen LogP contribution in [0.4, 0.5) is 5.69 Å². The summed E-state index contributed by atoms with van der Waals surface area (Å²) < 4.78 is 0. The molecule has 1 aromatic heterocycles. The van der Waals surface area contributed by atoms with Crippen molar-refractivity contribution in [2.75, 3.05) is 31.1 Å². The lowest BCUT2D eigenvalue weighted by Gasteiger charge is -2.36. The van der Waals surface area contributed by atoms with Crippen LogP contribution in [0, 0.1) is 0 Å². The molecule has 0 bridgehead atoms. The number of anilines is 1. The monoisotopic (exact) mass is 363 g/mol. The van der Waals surface area contributed by atoms with E-state index in [2.05, 4.69) is 19.8 Å². The van der Waals surface area contributed by atoms with Gasteiger partial charge in [-0.2, -0.15) is 0 Å². The molecule has 2 heterocycles. The fourth-order valence-electron chi connectivity index (χ4n) is 2.62. The maximum atomic E-state index is 6.12. The third kappa shape index (κ3) is 4.30. The molecule has 0 radical (unpaired) electrons. The molecule has 0 unspecified atom stereocenters. The first-order valence-corrected chi connectivity index (χ1v) is 8.53. The van der Waals surface area contributed by atoms with Gasteiger partial charge in [-0.15, -0.1) is 0 Å². The highest BCUT2D eigenvalue weighted by atomic mass is 35.5. The summed E-state index contributed by atoms with van der Waals surface area (Å²) in [5.74, 6) is 0.570. The molecule has 3 rings (SSSR count). The number of aliphatic imine (C=N–C) groups is 1. The van der Waals surface area contributed by atoms with Gasteiger partial charge in [0.1, 0.15) is 5.15 Å². The van der Waals surface area contributed by atoms with E-state index in [1.165, 1.54) is 5.69 Å². The minimum absolute atomic E-state index is 0.481. The van der Waals surface area contributed by atoms with E-state index in [0.717, 1.165) is 36.8 Å². The van der Waals surface area contributed by atoms with Crippen molar-refractivity contribution in [2.24, 2.45) is 10.7 Å². The Hall–Kier alpha value is -1.98. The Labute approximate surface area is 151 Å². The summed E-state index contributed by atoms with van der Waals surface area (Å²) in [6.45, 7) is 4.00. The summed E-state index contributed by atoms with van der Waals surface area (Å²) in [7, 11) is 0. The van der Waals surface area contributed by atoms with Gasteiger partial charge in [0, 0.05) is 43.1 Å². The van der Waals surface area contributed by atoms with Crippen LogP contribution in [0.25, 0.3) is 0 Å². The third-order valence-electron chi connectivity index (χ3n) is 4.01. The zero-order valence-corrected chi connectivity index (χ0v) is 14.7. The lowest BCUT2D eigenvalue weighted by Crippen LogP contribution is -2.51. The van der Waals surface area contributed by atoms with Gasteiger partial charge in [-0.25, -0.2) is 9.98 Å². The SMILES string of the molecule is NC(=NCc1ccc(Cl)nc1)N1CCN(c2ccc(Cl)cc2)CC1. The fourth-order valence-corrected chi connectivity index (χ4v) is 2.86. The lowest BCUT2D eigenvalue weighted by atomic mass is 10.2. The summed E-state index contributed by atoms with van der Waals surface area (Å²) in [6, 6.07) is 11.6. The average Bonchev–Trinajstić information content (AvgIpc) is 2.62. The van der Waals surface area contributed by atoms with Crippen LogP contribution in [0.5, 0.6) is 0 Å². The minimum Gasteiger partial charge on any atom is -0.370 e. The molecule has 5 nitrogen and oxygen atoms in total. The fraction of sp³-hybridized carbons (Fsp3) is 0.294. The van der Waals surface area contributed by atoms with Crippen LogP contribution in [-0.2, 0) is 6.54 Å². The van der Waals surface area contributed by atoms with Crippen molar-refractivity contribution in [1.29, 1.82) is 0 Å². The molecule has 1 fully saturated rings. The molecule has 1 saturated heterocycles. The molecule has 0 atom stereocenters. The molecule has 1 aliphatic rings. The Kier molecular flexibility index (Phi) is 5.43. The Balaban J connectivity index is 1.54. The molecule has 7 heteroatoms. The summed E-state index contributed by atoms with van der Waals surface area (Å²) in [6.07, 6.45) is 1.72. The highest BCUT2D eigenvalue weighted by Crippen LogP contribution is 2.19. The second kappa shape index (κ2) is 7.73. The van der Waals surface area contributed by atoms with Crippen LogP contribution in [0.2, 0.25) is 10.2 Å². The molecule has 24 heavy (non-hydrogen) atoms. The zero-order chi connectivity index (χ0) is 16.9. The van der Waals surface area contributed by atoms with Gasteiger partial charge in [0.25, 0.3) is 0 Å². The molecule has 1 aliphatic heterocycles. The number of pyridine rings is 1. The minimum atomic E-state index is 0.481. The summed E-state index contributed by atoms with van der Waals surface area (Å²) in [5, 5.41) is 1.24. The van der Waals surface area contributed by atoms with E-state index in [1.807, 2.05) is 30.3 Å². The summed E-state index contributed by atoms with van der Waals surface area (Å²) in [5.41, 5.74) is 8.29. The van der Waals surface area contributed by atoms with Gasteiger partial charge in [-0.1, -0.05) is 29.3 Å². The second-order valence-corrected chi connectivity index (χ2v) is 6.44. The molecule has 2 N–H and O–H groups in total. The predicted molar refractivity (Wildman–Crippen MR) is 99.8 cm³/mol. The smallest absolute Gasteiger partial charge is 0.191 e. The standard InChI is InChI=1S/C17H19Cl2N5/c18-14-2-4-15(5-3-14)23-7-9-24(10-8-23)17(20)22-12-13-1-6-16(19)21-11-13/h1-6,11H,7-10,12H2,(H2,20,22). The molecule has 0 spiro atoms. The van der Waals surface area contributed by atoms with Crippen molar-refractivity contribution in [3.8, 4) is 0 Å². The molecule has 0 aliphatic carbocycles. The first-order valence-electron chi connectivity index (χ1n) is 7.77. The van der Waals surface area contributed by atoms with Crippen molar-refractivity contribution >= 4 is 34.8 Å². The van der Waals surface area contributed by atoms with Gasteiger partial charge >= 0.3 is 0 Å². The number of benzene rings is 1. The first-order chi connectivity index (χ1) is 11.6. The Bertz CT molecular complexity index is 692. The Morgan fingerprint density at radius 1 is 1.04 bits per heavy atom. The predicted octanol–water partition coefficient (Wildman–Crippen LogP) is 3.03. The van der Waals surface area contributed by atoms with Crippen LogP contribution in [-0.4, -0.2) is 42.0 Å². The number of nitrogens with two attached hydrogens (primary N) is 1. The van der Waals surface area contributed by atoms with Gasteiger partial charge in [0.05, 0.1) is 6.54 Å². The largest absolute Gasteiger partial charge is 0.370 e. The van der Waals surface area contributed by atoms with Gasteiger partial charge in [-0.05, 0) is 35.9 Å². The molecular formula is C17H19Cl2N5. The van der Waals surface area contributed by atoms with Gasteiger partial charge in [0.15, 0.2) is 5.96 Å². The van der Waals surface area contributed by atoms with Gasteiger partial charge in [-0.3, -0.25) is 0 Å². The number of hydrogen-bond donors (Lipinski definition) is 1. The van der Waals surface area contributed by atoms with Crippen LogP contribution in [0.15, 0.2) is 47.6 Å². The van der Waals surface area contributed by atoms with Crippen LogP contribution >= 0.6 is 23.2 Å². The second-order valence-electron chi connectivity index (χ2n) is 5.61. The van der Waals surface area contributed by atoms with Crippen LogP contribution in [0.3, 0.4) is 0 Å². The zero-order valence-electron chi connectivity index (χ0n) is 13.2. The molecule has 1 aromatic carbocycles.